The lowest BCUT2D eigenvalue weighted by molar-refractivity contribution is 0.267. The van der Waals surface area contributed by atoms with Crippen molar-refractivity contribution in [3.63, 3.8) is 0 Å². The lowest BCUT2D eigenvalue weighted by Gasteiger charge is -2.16. The summed E-state index contributed by atoms with van der Waals surface area (Å²) in [6.45, 7) is 4.32. The molecule has 28 heavy (non-hydrogen) atoms. The van der Waals surface area contributed by atoms with Crippen LogP contribution in [0, 0.1) is 0 Å². The third kappa shape index (κ3) is 6.45. The lowest BCUT2D eigenvalue weighted by Crippen LogP contribution is -2.12. The van der Waals surface area contributed by atoms with Crippen LogP contribution < -0.4 is 14.8 Å². The number of halogens is 3. The third-order valence-electron chi connectivity index (χ3n) is 3.87. The highest BCUT2D eigenvalue weighted by Gasteiger charge is 2.13. The Hall–Kier alpha value is -1.66. The fourth-order valence-corrected chi connectivity index (χ4v) is 3.34. The Kier molecular flexibility index (Phi) is 9.19. The maximum absolute atomic E-state index is 6.01. The van der Waals surface area contributed by atoms with E-state index in [1.54, 1.807) is 6.26 Å². The third-order valence-corrected chi connectivity index (χ3v) is 4.72. The minimum absolute atomic E-state index is 0. The molecule has 0 radical (unpaired) electrons. The molecule has 1 heterocycles. The van der Waals surface area contributed by atoms with Crippen LogP contribution in [0.5, 0.6) is 11.5 Å². The molecular weight excluding hydrogens is 465 g/mol. The Morgan fingerprint density at radius 2 is 1.82 bits per heavy atom. The predicted molar refractivity (Wildman–Crippen MR) is 118 cm³/mol. The number of rotatable bonds is 9. The molecule has 0 fully saturated rings. The second kappa shape index (κ2) is 11.4. The molecule has 0 amide bonds. The molecule has 4 nitrogen and oxygen atoms in total. The molecule has 0 unspecified atom stereocenters. The molecule has 0 spiro atoms. The van der Waals surface area contributed by atoms with Gasteiger partial charge in [-0.3, -0.25) is 0 Å². The molecule has 2 aromatic carbocycles. The van der Waals surface area contributed by atoms with E-state index in [1.165, 1.54) is 0 Å². The Bertz CT molecular complexity index is 855. The van der Waals surface area contributed by atoms with Crippen LogP contribution in [0.1, 0.15) is 23.8 Å². The van der Waals surface area contributed by atoms with Gasteiger partial charge in [0.25, 0.3) is 0 Å². The van der Waals surface area contributed by atoms with Crippen molar-refractivity contribution in [1.82, 2.24) is 5.32 Å². The Morgan fingerprint density at radius 1 is 1.04 bits per heavy atom. The van der Waals surface area contributed by atoms with E-state index in [0.29, 0.717) is 37.1 Å². The Balaban J connectivity index is 0.00000280. The normalized spacial score (nSPS) is 10.4. The summed E-state index contributed by atoms with van der Waals surface area (Å²) < 4.78 is 18.0. The van der Waals surface area contributed by atoms with Crippen LogP contribution >= 0.6 is 39.9 Å². The number of ether oxygens (including phenoxy) is 2. The highest BCUT2D eigenvalue weighted by molar-refractivity contribution is 9.10. The number of nitrogens with one attached hydrogen (secondary N) is 1. The summed E-state index contributed by atoms with van der Waals surface area (Å²) in [4.78, 5) is 0. The largest absolute Gasteiger partial charge is 0.490 e. The van der Waals surface area contributed by atoms with Crippen molar-refractivity contribution in [2.24, 2.45) is 0 Å². The zero-order valence-corrected chi connectivity index (χ0v) is 18.6. The molecule has 0 aliphatic carbocycles. The molecule has 150 valence electrons. The van der Waals surface area contributed by atoms with Gasteiger partial charge in [0.05, 0.1) is 23.9 Å². The number of benzene rings is 2. The van der Waals surface area contributed by atoms with Gasteiger partial charge in [-0.05, 0) is 70.4 Å². The van der Waals surface area contributed by atoms with Crippen molar-refractivity contribution in [3.05, 3.63) is 81.2 Å². The molecular formula is C21H22BrCl2NO3. The van der Waals surface area contributed by atoms with Crippen molar-refractivity contribution in [2.75, 3.05) is 6.61 Å². The van der Waals surface area contributed by atoms with Crippen molar-refractivity contribution in [1.29, 1.82) is 0 Å². The standard InChI is InChI=1S/C21H21BrClNO3.ClH/c1-2-25-20-11-16(12-24-13-18-4-3-9-26-18)10-19(22)21(20)27-14-15-5-7-17(23)8-6-15;/h3-11,24H,2,12-14H2,1H3;1H. The molecule has 3 aromatic rings. The minimum atomic E-state index is 0. The maximum atomic E-state index is 6.01. The molecule has 0 bridgehead atoms. The summed E-state index contributed by atoms with van der Waals surface area (Å²) in [5.41, 5.74) is 2.13. The summed E-state index contributed by atoms with van der Waals surface area (Å²) in [7, 11) is 0. The van der Waals surface area contributed by atoms with Gasteiger partial charge in [-0.2, -0.15) is 0 Å². The maximum Gasteiger partial charge on any atom is 0.175 e. The van der Waals surface area contributed by atoms with Gasteiger partial charge < -0.3 is 19.2 Å². The summed E-state index contributed by atoms with van der Waals surface area (Å²) in [6.07, 6.45) is 1.67. The first-order chi connectivity index (χ1) is 13.2. The highest BCUT2D eigenvalue weighted by atomic mass is 79.9. The number of furan rings is 1. The van der Waals surface area contributed by atoms with Gasteiger partial charge in [0.15, 0.2) is 11.5 Å². The first-order valence-corrected chi connectivity index (χ1v) is 9.88. The molecule has 1 aromatic heterocycles. The Morgan fingerprint density at radius 3 is 2.50 bits per heavy atom. The van der Waals surface area contributed by atoms with Gasteiger partial charge in [-0.1, -0.05) is 23.7 Å². The van der Waals surface area contributed by atoms with Crippen LogP contribution in [0.3, 0.4) is 0 Å². The summed E-state index contributed by atoms with van der Waals surface area (Å²) in [5, 5.41) is 4.07. The minimum Gasteiger partial charge on any atom is -0.490 e. The topological polar surface area (TPSA) is 43.6 Å². The zero-order chi connectivity index (χ0) is 19.1. The van der Waals surface area contributed by atoms with E-state index in [-0.39, 0.29) is 12.4 Å². The first kappa shape index (κ1) is 22.6. The molecule has 0 saturated carbocycles. The first-order valence-electron chi connectivity index (χ1n) is 8.71. The monoisotopic (exact) mass is 485 g/mol. The number of hydrogen-bond donors (Lipinski definition) is 1. The van der Waals surface area contributed by atoms with Crippen LogP contribution in [0.4, 0.5) is 0 Å². The molecule has 0 atom stereocenters. The molecule has 0 saturated heterocycles. The van der Waals surface area contributed by atoms with Gasteiger partial charge in [-0.25, -0.2) is 0 Å². The molecule has 3 rings (SSSR count). The van der Waals surface area contributed by atoms with Gasteiger partial charge in [0.2, 0.25) is 0 Å². The van der Waals surface area contributed by atoms with Crippen LogP contribution in [0.2, 0.25) is 5.02 Å². The Labute approximate surface area is 184 Å². The average molecular weight is 487 g/mol. The van der Waals surface area contributed by atoms with Crippen molar-refractivity contribution in [2.45, 2.75) is 26.6 Å². The predicted octanol–water partition coefficient (Wildman–Crippen LogP) is 6.38. The highest BCUT2D eigenvalue weighted by Crippen LogP contribution is 2.37. The van der Waals surface area contributed by atoms with Gasteiger partial charge in [0.1, 0.15) is 12.4 Å². The molecule has 1 N–H and O–H groups in total. The van der Waals surface area contributed by atoms with Crippen molar-refractivity contribution in [3.8, 4) is 11.5 Å². The van der Waals surface area contributed by atoms with E-state index in [2.05, 4.69) is 21.2 Å². The van der Waals surface area contributed by atoms with Crippen LogP contribution in [-0.4, -0.2) is 6.61 Å². The van der Waals surface area contributed by atoms with E-state index < -0.39 is 0 Å². The number of hydrogen-bond acceptors (Lipinski definition) is 4. The van der Waals surface area contributed by atoms with Gasteiger partial charge in [-0.15, -0.1) is 12.4 Å². The lowest BCUT2D eigenvalue weighted by atomic mass is 10.2. The van der Waals surface area contributed by atoms with Crippen LogP contribution in [0.25, 0.3) is 0 Å². The summed E-state index contributed by atoms with van der Waals surface area (Å²) >= 11 is 9.54. The fourth-order valence-electron chi connectivity index (χ4n) is 2.61. The van der Waals surface area contributed by atoms with Gasteiger partial charge >= 0.3 is 0 Å². The second-order valence-corrected chi connectivity index (χ2v) is 7.23. The van der Waals surface area contributed by atoms with Crippen LogP contribution in [0.15, 0.2) is 63.7 Å². The smallest absolute Gasteiger partial charge is 0.175 e. The van der Waals surface area contributed by atoms with E-state index in [4.69, 9.17) is 25.5 Å². The molecule has 0 aliphatic heterocycles. The van der Waals surface area contributed by atoms with E-state index in [0.717, 1.165) is 27.1 Å². The van der Waals surface area contributed by atoms with Crippen LogP contribution in [-0.2, 0) is 19.7 Å². The van der Waals surface area contributed by atoms with E-state index in [9.17, 15) is 0 Å². The molecule has 0 aliphatic rings. The SMILES string of the molecule is CCOc1cc(CNCc2ccco2)cc(Br)c1OCc1ccc(Cl)cc1.Cl. The zero-order valence-electron chi connectivity index (χ0n) is 15.4. The summed E-state index contributed by atoms with van der Waals surface area (Å²) in [5.74, 6) is 2.32. The van der Waals surface area contributed by atoms with Gasteiger partial charge in [0, 0.05) is 11.6 Å². The van der Waals surface area contributed by atoms with Crippen molar-refractivity contribution < 1.29 is 13.9 Å². The van der Waals surface area contributed by atoms with Crippen molar-refractivity contribution >= 4 is 39.9 Å². The average Bonchev–Trinajstić information content (AvgIpc) is 3.16. The molecule has 7 heteroatoms. The van der Waals surface area contributed by atoms with E-state index in [1.807, 2.05) is 55.5 Å². The second-order valence-electron chi connectivity index (χ2n) is 5.94. The quantitative estimate of drug-likeness (QED) is 0.380. The fraction of sp³-hybridized carbons (Fsp3) is 0.238. The van der Waals surface area contributed by atoms with E-state index >= 15 is 0 Å². The summed E-state index contributed by atoms with van der Waals surface area (Å²) in [6, 6.07) is 15.5.